The number of fused-ring (bicyclic) bond motifs is 4. The molecule has 0 bridgehead atoms. The fourth-order valence-corrected chi connectivity index (χ4v) is 11.7. The molecule has 10 aromatic rings. The molecule has 8 heteroatoms. The number of benzene rings is 6. The number of pyridine rings is 2. The Labute approximate surface area is 437 Å². The molecule has 4 heterocycles. The molecule has 0 fully saturated rings. The van der Waals surface area contributed by atoms with Gasteiger partial charge in [-0.1, -0.05) is 182 Å². The average Bonchev–Trinajstić information content (AvgIpc) is 3.92. The van der Waals surface area contributed by atoms with Crippen LogP contribution in [0.3, 0.4) is 0 Å². The number of nitrogens with zero attached hydrogens (tertiary/aromatic N) is 4. The molecular formula is C63H66IrN4OSi2-2. The number of imidazole rings is 1. The maximum atomic E-state index is 6.91. The molecule has 0 atom stereocenters. The van der Waals surface area contributed by atoms with E-state index >= 15 is 0 Å². The maximum absolute atomic E-state index is 6.91. The molecule has 0 aliphatic heterocycles. The molecule has 5 nitrogen and oxygen atoms in total. The number of furan rings is 1. The standard InChI is InChI=1S/C48H50N3OSi2.C15H16N.Ir/c1-30(2)39-25-33(32-17-12-11-13-18-32)26-40(31(3)4)46(39)51-44-22-15-14-21-42(44)50-48(51)38-20-16-19-37-41-29-49-43(28-45(41)52-47(37)38)34-23-35(53(5,6)7)27-36(24-34)54(8,9)10;1-15(2,3)13-9-10-14(16-11-13)12-7-5-4-6-8-12;/h11-19,21-31H,1-10H3;4-7,9-11H,1-3H3;/q2*-1;. The first kappa shape index (κ1) is 51.3. The van der Waals surface area contributed by atoms with E-state index in [9.17, 15) is 0 Å². The molecule has 363 valence electrons. The van der Waals surface area contributed by atoms with Gasteiger partial charge in [-0.2, -0.15) is 0 Å². The van der Waals surface area contributed by atoms with E-state index in [2.05, 4.69) is 219 Å². The maximum Gasteiger partial charge on any atom is 0.124 e. The zero-order valence-electron chi connectivity index (χ0n) is 43.6. The van der Waals surface area contributed by atoms with Crippen molar-refractivity contribution in [2.45, 2.75) is 105 Å². The van der Waals surface area contributed by atoms with Gasteiger partial charge < -0.3 is 14.0 Å². The van der Waals surface area contributed by atoms with Crippen LogP contribution in [0.25, 0.3) is 83.7 Å². The molecule has 0 N–H and O–H groups in total. The van der Waals surface area contributed by atoms with Crippen molar-refractivity contribution in [3.8, 4) is 50.7 Å². The molecule has 1 radical (unpaired) electrons. The Morgan fingerprint density at radius 1 is 0.577 bits per heavy atom. The van der Waals surface area contributed by atoms with Gasteiger partial charge >= 0.3 is 0 Å². The Hall–Kier alpha value is -6.03. The SMILES string of the molecule is CC(C)(C)c1ccc(-c2[c-]cccc2)nc1.CC(C)c1cc(-c2ccccc2)cc(C(C)C)c1-n1c(-c2[c-]ccc3c2oc2cc(-c4cc([Si](C)(C)C)cc([Si](C)(C)C)c4)ncc23)nc2ccccc21.[Ir]. The van der Waals surface area contributed by atoms with Crippen LogP contribution < -0.4 is 10.4 Å². The van der Waals surface area contributed by atoms with Crippen molar-refractivity contribution in [1.82, 2.24) is 19.5 Å². The van der Waals surface area contributed by atoms with Crippen LogP contribution in [-0.2, 0) is 25.5 Å². The molecule has 0 saturated carbocycles. The minimum absolute atomic E-state index is 0. The molecule has 0 aliphatic rings. The third-order valence-corrected chi connectivity index (χ3v) is 17.5. The molecule has 10 rings (SSSR count). The second-order valence-corrected chi connectivity index (χ2v) is 32.6. The summed E-state index contributed by atoms with van der Waals surface area (Å²) < 4.78 is 9.28. The fraction of sp³-hybridized carbons (Fsp3) is 0.254. The van der Waals surface area contributed by atoms with Gasteiger partial charge in [0.15, 0.2) is 0 Å². The summed E-state index contributed by atoms with van der Waals surface area (Å²) in [5, 5.41) is 4.95. The van der Waals surface area contributed by atoms with Crippen molar-refractivity contribution in [2.24, 2.45) is 0 Å². The van der Waals surface area contributed by atoms with Crippen LogP contribution in [0.4, 0.5) is 0 Å². The first-order valence-electron chi connectivity index (χ1n) is 24.8. The molecule has 6 aromatic carbocycles. The Kier molecular flexibility index (Phi) is 14.6. The van der Waals surface area contributed by atoms with E-state index in [0.717, 1.165) is 61.3 Å². The molecule has 0 aliphatic carbocycles. The van der Waals surface area contributed by atoms with Crippen molar-refractivity contribution in [3.05, 3.63) is 181 Å². The molecule has 4 aromatic heterocycles. The minimum Gasteiger partial charge on any atom is -0.500 e. The van der Waals surface area contributed by atoms with Crippen molar-refractivity contribution < 1.29 is 24.5 Å². The van der Waals surface area contributed by atoms with Gasteiger partial charge in [-0.15, -0.1) is 54.1 Å². The van der Waals surface area contributed by atoms with E-state index in [1.54, 1.807) is 0 Å². The Morgan fingerprint density at radius 3 is 1.80 bits per heavy atom. The number of hydrogen-bond acceptors (Lipinski definition) is 4. The van der Waals surface area contributed by atoms with Gasteiger partial charge in [0.2, 0.25) is 0 Å². The third kappa shape index (κ3) is 10.6. The van der Waals surface area contributed by atoms with Crippen LogP contribution in [0.5, 0.6) is 0 Å². The zero-order valence-corrected chi connectivity index (χ0v) is 48.0. The number of hydrogen-bond donors (Lipinski definition) is 0. The summed E-state index contributed by atoms with van der Waals surface area (Å²) in [5.74, 6) is 1.37. The zero-order chi connectivity index (χ0) is 49.7. The topological polar surface area (TPSA) is 56.7 Å². The summed E-state index contributed by atoms with van der Waals surface area (Å²) >= 11 is 0. The van der Waals surface area contributed by atoms with E-state index in [4.69, 9.17) is 14.4 Å². The molecular weight excluding hydrogens is 1080 g/mol. The Bertz CT molecular complexity index is 3420. The first-order valence-corrected chi connectivity index (χ1v) is 31.8. The van der Waals surface area contributed by atoms with E-state index in [1.807, 2.05) is 42.7 Å². The largest absolute Gasteiger partial charge is 0.500 e. The molecule has 0 amide bonds. The fourth-order valence-electron chi connectivity index (χ4n) is 9.19. The summed E-state index contributed by atoms with van der Waals surface area (Å²) in [4.78, 5) is 14.9. The molecule has 0 spiro atoms. The minimum atomic E-state index is -1.57. The van der Waals surface area contributed by atoms with Crippen LogP contribution in [-0.4, -0.2) is 35.7 Å². The number of para-hydroxylation sites is 2. The number of rotatable bonds is 9. The summed E-state index contributed by atoms with van der Waals surface area (Å²) in [6, 6.07) is 56.3. The van der Waals surface area contributed by atoms with Crippen molar-refractivity contribution in [1.29, 1.82) is 0 Å². The molecule has 71 heavy (non-hydrogen) atoms. The Balaban J connectivity index is 0.000000338. The van der Waals surface area contributed by atoms with E-state index < -0.39 is 16.1 Å². The summed E-state index contributed by atoms with van der Waals surface area (Å²) in [6.45, 7) is 30.3. The van der Waals surface area contributed by atoms with E-state index in [0.29, 0.717) is 0 Å². The van der Waals surface area contributed by atoms with E-state index in [-0.39, 0.29) is 37.4 Å². The van der Waals surface area contributed by atoms with Gasteiger partial charge in [-0.3, -0.25) is 9.97 Å². The second-order valence-electron chi connectivity index (χ2n) is 22.5. The summed E-state index contributed by atoms with van der Waals surface area (Å²) in [7, 11) is -3.13. The summed E-state index contributed by atoms with van der Waals surface area (Å²) in [6.07, 6.45) is 3.95. The van der Waals surface area contributed by atoms with Crippen LogP contribution in [0, 0.1) is 12.1 Å². The predicted molar refractivity (Wildman–Crippen MR) is 303 cm³/mol. The van der Waals surface area contributed by atoms with Gasteiger partial charge in [0, 0.05) is 55.2 Å². The first-order chi connectivity index (χ1) is 33.3. The van der Waals surface area contributed by atoms with Crippen LogP contribution >= 0.6 is 0 Å². The normalized spacial score (nSPS) is 12.2. The monoisotopic (exact) mass is 1140 g/mol. The second kappa shape index (κ2) is 20.2. The van der Waals surface area contributed by atoms with Gasteiger partial charge in [0.25, 0.3) is 0 Å². The van der Waals surface area contributed by atoms with E-state index in [1.165, 1.54) is 49.4 Å². The summed E-state index contributed by atoms with van der Waals surface area (Å²) in [5.41, 5.74) is 16.2. The van der Waals surface area contributed by atoms with Crippen LogP contribution in [0.2, 0.25) is 39.3 Å². The van der Waals surface area contributed by atoms with Gasteiger partial charge in [0.1, 0.15) is 5.58 Å². The van der Waals surface area contributed by atoms with Gasteiger partial charge in [-0.05, 0) is 75.0 Å². The smallest absolute Gasteiger partial charge is 0.124 e. The van der Waals surface area contributed by atoms with Crippen LogP contribution in [0.1, 0.15) is 77.0 Å². The quantitative estimate of drug-likeness (QED) is 0.107. The van der Waals surface area contributed by atoms with Gasteiger partial charge in [0.05, 0.1) is 44.3 Å². The van der Waals surface area contributed by atoms with Gasteiger partial charge in [-0.25, -0.2) is 0 Å². The average molecular weight is 1140 g/mol. The Morgan fingerprint density at radius 2 is 1.21 bits per heavy atom. The van der Waals surface area contributed by atoms with Crippen molar-refractivity contribution in [3.63, 3.8) is 0 Å². The van der Waals surface area contributed by atoms with Crippen molar-refractivity contribution >= 4 is 59.5 Å². The molecule has 0 unspecified atom stereocenters. The van der Waals surface area contributed by atoms with Crippen molar-refractivity contribution in [2.75, 3.05) is 0 Å². The number of aromatic nitrogens is 4. The predicted octanol–water partition coefficient (Wildman–Crippen LogP) is 16.3. The molecule has 0 saturated heterocycles. The third-order valence-electron chi connectivity index (χ3n) is 13.4. The van der Waals surface area contributed by atoms with Crippen LogP contribution in [0.15, 0.2) is 156 Å².